The van der Waals surface area contributed by atoms with Gasteiger partial charge in [-0.3, -0.25) is 10.1 Å². The fourth-order valence-corrected chi connectivity index (χ4v) is 1.14. The summed E-state index contributed by atoms with van der Waals surface area (Å²) in [6.07, 6.45) is 1.47. The topological polar surface area (TPSA) is 43.1 Å². The average molecular weight is 189 g/mol. The van der Waals surface area contributed by atoms with Gasteiger partial charge in [0.05, 0.1) is 10.5 Å². The Hall–Kier alpha value is -1.90. The number of nitro groups is 1. The van der Waals surface area contributed by atoms with E-state index in [2.05, 4.69) is 13.2 Å². The van der Waals surface area contributed by atoms with Gasteiger partial charge in [-0.2, -0.15) is 0 Å². The molecule has 0 fully saturated rings. The van der Waals surface area contributed by atoms with Crippen LogP contribution in [0.15, 0.2) is 31.4 Å². The molecule has 0 aliphatic heterocycles. The Labute approximate surface area is 82.5 Å². The van der Waals surface area contributed by atoms with E-state index >= 15 is 0 Å². The van der Waals surface area contributed by atoms with Crippen LogP contribution in [-0.4, -0.2) is 4.92 Å². The van der Waals surface area contributed by atoms with E-state index in [1.165, 1.54) is 12.1 Å². The first-order valence-corrected chi connectivity index (χ1v) is 4.13. The Balaban J connectivity index is 3.34. The van der Waals surface area contributed by atoms with Gasteiger partial charge in [0.25, 0.3) is 5.69 Å². The molecule has 0 saturated heterocycles. The van der Waals surface area contributed by atoms with Gasteiger partial charge in [-0.05, 0) is 18.6 Å². The molecule has 1 aromatic rings. The van der Waals surface area contributed by atoms with Crippen molar-refractivity contribution >= 4 is 17.3 Å². The summed E-state index contributed by atoms with van der Waals surface area (Å²) in [6, 6.07) is 4.99. The van der Waals surface area contributed by atoms with E-state index in [9.17, 15) is 10.1 Å². The minimum absolute atomic E-state index is 0.0699. The first-order chi connectivity index (χ1) is 6.56. The van der Waals surface area contributed by atoms with Gasteiger partial charge in [0.1, 0.15) is 0 Å². The summed E-state index contributed by atoms with van der Waals surface area (Å²) in [7, 11) is 0. The molecular weight excluding hydrogens is 178 g/mol. The highest BCUT2D eigenvalue weighted by atomic mass is 16.6. The zero-order valence-corrected chi connectivity index (χ0v) is 7.99. The number of hydrogen-bond acceptors (Lipinski definition) is 2. The Morgan fingerprint density at radius 3 is 2.64 bits per heavy atom. The Bertz CT molecular complexity index is 408. The van der Waals surface area contributed by atoms with E-state index in [1.54, 1.807) is 12.1 Å². The minimum Gasteiger partial charge on any atom is -0.258 e. The maximum absolute atomic E-state index is 10.7. The summed E-state index contributed by atoms with van der Waals surface area (Å²) < 4.78 is 0. The second kappa shape index (κ2) is 3.87. The molecular formula is C11H11NO2. The second-order valence-electron chi connectivity index (χ2n) is 3.02. The van der Waals surface area contributed by atoms with Gasteiger partial charge in [0.15, 0.2) is 0 Å². The molecule has 72 valence electrons. The quantitative estimate of drug-likeness (QED) is 0.541. The maximum Gasteiger partial charge on any atom is 0.277 e. The van der Waals surface area contributed by atoms with Crippen LogP contribution in [0.25, 0.3) is 11.6 Å². The van der Waals surface area contributed by atoms with Crippen LogP contribution in [0.1, 0.15) is 18.1 Å². The predicted molar refractivity (Wildman–Crippen MR) is 57.9 cm³/mol. The smallest absolute Gasteiger partial charge is 0.258 e. The highest BCUT2D eigenvalue weighted by molar-refractivity contribution is 5.69. The molecule has 0 amide bonds. The highest BCUT2D eigenvalue weighted by Crippen LogP contribution is 2.24. The van der Waals surface area contributed by atoms with Crippen LogP contribution < -0.4 is 0 Å². The number of nitro benzene ring substituents is 1. The molecule has 0 aliphatic rings. The molecule has 1 aromatic carbocycles. The number of rotatable bonds is 3. The lowest BCUT2D eigenvalue weighted by Gasteiger charge is -2.01. The molecule has 0 saturated carbocycles. The molecule has 0 radical (unpaired) electrons. The van der Waals surface area contributed by atoms with Gasteiger partial charge in [0, 0.05) is 6.07 Å². The fourth-order valence-electron chi connectivity index (χ4n) is 1.14. The second-order valence-corrected chi connectivity index (χ2v) is 3.02. The number of nitrogens with zero attached hydrogens (tertiary/aromatic N) is 1. The van der Waals surface area contributed by atoms with E-state index in [4.69, 9.17) is 0 Å². The zero-order chi connectivity index (χ0) is 10.7. The van der Waals surface area contributed by atoms with Crippen molar-refractivity contribution in [1.82, 2.24) is 0 Å². The van der Waals surface area contributed by atoms with Gasteiger partial charge in [-0.15, -0.1) is 0 Å². The predicted octanol–water partition coefficient (Wildman–Crippen LogP) is 3.27. The van der Waals surface area contributed by atoms with Crippen molar-refractivity contribution < 1.29 is 4.92 Å². The first-order valence-electron chi connectivity index (χ1n) is 4.13. The van der Waals surface area contributed by atoms with E-state index in [-0.39, 0.29) is 5.69 Å². The average Bonchev–Trinajstić information content (AvgIpc) is 2.16. The van der Waals surface area contributed by atoms with Gasteiger partial charge in [-0.25, -0.2) is 0 Å². The van der Waals surface area contributed by atoms with Gasteiger partial charge in [0.2, 0.25) is 0 Å². The normalized spacial score (nSPS) is 9.50. The molecule has 0 heterocycles. The van der Waals surface area contributed by atoms with Crippen LogP contribution in [0, 0.1) is 10.1 Å². The number of benzene rings is 1. The SMILES string of the molecule is C=Cc1ccc(C(=C)C)cc1[N+](=O)[O-]. The molecule has 14 heavy (non-hydrogen) atoms. The number of allylic oxidation sites excluding steroid dienone is 1. The standard InChI is InChI=1S/C11H11NO2/c1-4-9-5-6-10(8(2)3)7-11(9)12(13)14/h4-7H,1-2H2,3H3. The molecule has 0 atom stereocenters. The summed E-state index contributed by atoms with van der Waals surface area (Å²) in [5.41, 5.74) is 2.19. The summed E-state index contributed by atoms with van der Waals surface area (Å²) >= 11 is 0. The number of hydrogen-bond donors (Lipinski definition) is 0. The molecule has 1 rings (SSSR count). The Morgan fingerprint density at radius 2 is 2.21 bits per heavy atom. The highest BCUT2D eigenvalue weighted by Gasteiger charge is 2.11. The maximum atomic E-state index is 10.7. The van der Waals surface area contributed by atoms with Crippen LogP contribution in [0.2, 0.25) is 0 Å². The van der Waals surface area contributed by atoms with E-state index in [1.807, 2.05) is 6.92 Å². The van der Waals surface area contributed by atoms with Crippen molar-refractivity contribution in [3.05, 3.63) is 52.6 Å². The molecule has 0 spiro atoms. The van der Waals surface area contributed by atoms with Crippen molar-refractivity contribution in [1.29, 1.82) is 0 Å². The van der Waals surface area contributed by atoms with Crippen molar-refractivity contribution in [2.75, 3.05) is 0 Å². The van der Waals surface area contributed by atoms with Crippen molar-refractivity contribution in [3.63, 3.8) is 0 Å². The van der Waals surface area contributed by atoms with E-state index in [0.717, 1.165) is 11.1 Å². The largest absolute Gasteiger partial charge is 0.277 e. The Morgan fingerprint density at radius 1 is 1.57 bits per heavy atom. The van der Waals surface area contributed by atoms with Crippen LogP contribution in [-0.2, 0) is 0 Å². The van der Waals surface area contributed by atoms with Crippen LogP contribution in [0.3, 0.4) is 0 Å². The molecule has 3 heteroatoms. The van der Waals surface area contributed by atoms with E-state index < -0.39 is 4.92 Å². The fraction of sp³-hybridized carbons (Fsp3) is 0.0909. The monoisotopic (exact) mass is 189 g/mol. The molecule has 0 unspecified atom stereocenters. The van der Waals surface area contributed by atoms with Crippen LogP contribution >= 0.6 is 0 Å². The third-order valence-corrected chi connectivity index (χ3v) is 1.94. The van der Waals surface area contributed by atoms with Gasteiger partial charge in [-0.1, -0.05) is 30.9 Å². The zero-order valence-electron chi connectivity index (χ0n) is 7.99. The lowest BCUT2D eigenvalue weighted by Crippen LogP contribution is -1.92. The van der Waals surface area contributed by atoms with Crippen molar-refractivity contribution in [2.45, 2.75) is 6.92 Å². The first kappa shape index (κ1) is 10.2. The van der Waals surface area contributed by atoms with Gasteiger partial charge < -0.3 is 0 Å². The molecule has 0 bridgehead atoms. The lowest BCUT2D eigenvalue weighted by molar-refractivity contribution is -0.385. The van der Waals surface area contributed by atoms with E-state index in [0.29, 0.717) is 5.56 Å². The molecule has 0 aliphatic carbocycles. The third-order valence-electron chi connectivity index (χ3n) is 1.94. The van der Waals surface area contributed by atoms with Crippen LogP contribution in [0.5, 0.6) is 0 Å². The summed E-state index contributed by atoms with van der Waals surface area (Å²) in [5.74, 6) is 0. The third kappa shape index (κ3) is 1.88. The van der Waals surface area contributed by atoms with Crippen molar-refractivity contribution in [2.24, 2.45) is 0 Å². The van der Waals surface area contributed by atoms with Gasteiger partial charge >= 0.3 is 0 Å². The molecule has 0 aromatic heterocycles. The summed E-state index contributed by atoms with van der Waals surface area (Å²) in [4.78, 5) is 10.3. The van der Waals surface area contributed by atoms with Crippen LogP contribution in [0.4, 0.5) is 5.69 Å². The van der Waals surface area contributed by atoms with Crippen molar-refractivity contribution in [3.8, 4) is 0 Å². The molecule has 0 N–H and O–H groups in total. The molecule has 3 nitrogen and oxygen atoms in total. The minimum atomic E-state index is -0.413. The lowest BCUT2D eigenvalue weighted by atomic mass is 10.0. The summed E-state index contributed by atoms with van der Waals surface area (Å²) in [5, 5.41) is 10.7. The Kier molecular flexibility index (Phi) is 2.82. The summed E-state index contributed by atoms with van der Waals surface area (Å²) in [6.45, 7) is 9.07.